The minimum atomic E-state index is -4.48. The van der Waals surface area contributed by atoms with Crippen LogP contribution >= 0.6 is 11.8 Å². The highest BCUT2D eigenvalue weighted by molar-refractivity contribution is 7.98. The maximum atomic E-state index is 12.6. The Kier molecular flexibility index (Phi) is 6.33. The van der Waals surface area contributed by atoms with Crippen LogP contribution in [0.2, 0.25) is 0 Å². The van der Waals surface area contributed by atoms with Gasteiger partial charge in [-0.25, -0.2) is 4.79 Å². The smallest absolute Gasteiger partial charge is 0.387 e. The Morgan fingerprint density at radius 1 is 1.20 bits per heavy atom. The van der Waals surface area contributed by atoms with Crippen LogP contribution in [-0.4, -0.2) is 23.9 Å². The second-order valence-corrected chi connectivity index (χ2v) is 6.08. The van der Waals surface area contributed by atoms with E-state index in [0.29, 0.717) is 5.56 Å². The molecule has 1 atom stereocenters. The van der Waals surface area contributed by atoms with Gasteiger partial charge in [0.1, 0.15) is 0 Å². The Labute approximate surface area is 147 Å². The van der Waals surface area contributed by atoms with Gasteiger partial charge in [0.15, 0.2) is 0 Å². The molecule has 134 valence electrons. The molecule has 0 spiro atoms. The van der Waals surface area contributed by atoms with E-state index >= 15 is 0 Å². The summed E-state index contributed by atoms with van der Waals surface area (Å²) in [6, 6.07) is 10.8. The molecule has 0 fully saturated rings. The van der Waals surface area contributed by atoms with Gasteiger partial charge in [-0.15, -0.1) is 11.8 Å². The van der Waals surface area contributed by atoms with Crippen LogP contribution in [0.15, 0.2) is 53.4 Å². The maximum Gasteiger partial charge on any atom is 0.416 e. The number of aliphatic hydroxyl groups excluding tert-OH is 1. The third kappa shape index (κ3) is 5.68. The van der Waals surface area contributed by atoms with Crippen LogP contribution in [-0.2, 0) is 6.18 Å². The number of urea groups is 1. The van der Waals surface area contributed by atoms with Gasteiger partial charge in [0.2, 0.25) is 0 Å². The summed E-state index contributed by atoms with van der Waals surface area (Å²) in [5.41, 5.74) is -0.192. The molecule has 0 heterocycles. The van der Waals surface area contributed by atoms with Crippen molar-refractivity contribution in [2.24, 2.45) is 0 Å². The predicted octanol–water partition coefficient (Wildman–Crippen LogP) is 4.28. The number of carbonyl (C=O) groups is 1. The van der Waals surface area contributed by atoms with Crippen molar-refractivity contribution in [2.45, 2.75) is 17.2 Å². The zero-order valence-electron chi connectivity index (χ0n) is 13.3. The molecule has 0 radical (unpaired) electrons. The Hall–Kier alpha value is -2.19. The number of amides is 2. The highest BCUT2D eigenvalue weighted by atomic mass is 32.2. The Morgan fingerprint density at radius 2 is 1.88 bits per heavy atom. The second-order valence-electron chi connectivity index (χ2n) is 5.20. The number of anilines is 1. The summed E-state index contributed by atoms with van der Waals surface area (Å²) in [6.07, 6.45) is -3.46. The third-order valence-electron chi connectivity index (χ3n) is 3.40. The number of benzene rings is 2. The molecule has 2 aromatic rings. The molecule has 0 aliphatic rings. The van der Waals surface area contributed by atoms with Gasteiger partial charge in [0.25, 0.3) is 0 Å². The molecule has 0 aromatic heterocycles. The summed E-state index contributed by atoms with van der Waals surface area (Å²) < 4.78 is 37.9. The fourth-order valence-corrected chi connectivity index (χ4v) is 2.49. The van der Waals surface area contributed by atoms with Gasteiger partial charge in [0, 0.05) is 17.1 Å². The normalized spacial score (nSPS) is 12.5. The molecule has 0 aliphatic heterocycles. The predicted molar refractivity (Wildman–Crippen MR) is 91.6 cm³/mol. The van der Waals surface area contributed by atoms with Crippen LogP contribution in [0, 0.1) is 0 Å². The first-order valence-corrected chi connectivity index (χ1v) is 8.56. The van der Waals surface area contributed by atoms with E-state index in [4.69, 9.17) is 0 Å². The first-order valence-electron chi connectivity index (χ1n) is 7.33. The Morgan fingerprint density at radius 3 is 2.48 bits per heavy atom. The number of halogens is 3. The summed E-state index contributed by atoms with van der Waals surface area (Å²) in [5.74, 6) is 0. The van der Waals surface area contributed by atoms with E-state index < -0.39 is 23.9 Å². The van der Waals surface area contributed by atoms with E-state index in [1.54, 1.807) is 23.9 Å². The van der Waals surface area contributed by atoms with Crippen molar-refractivity contribution in [2.75, 3.05) is 18.1 Å². The van der Waals surface area contributed by atoms with Gasteiger partial charge in [-0.2, -0.15) is 13.2 Å². The number of hydrogen-bond donors (Lipinski definition) is 3. The summed E-state index contributed by atoms with van der Waals surface area (Å²) >= 11 is 1.57. The van der Waals surface area contributed by atoms with Gasteiger partial charge >= 0.3 is 12.2 Å². The molecule has 0 unspecified atom stereocenters. The number of aliphatic hydroxyl groups is 1. The lowest BCUT2D eigenvalue weighted by Crippen LogP contribution is -2.32. The summed E-state index contributed by atoms with van der Waals surface area (Å²) in [7, 11) is 0. The minimum Gasteiger partial charge on any atom is -0.387 e. The van der Waals surface area contributed by atoms with Crippen molar-refractivity contribution in [3.8, 4) is 0 Å². The fourth-order valence-electron chi connectivity index (χ4n) is 2.08. The number of carbonyl (C=O) groups excluding carboxylic acids is 1. The molecule has 0 aliphatic carbocycles. The molecule has 2 rings (SSSR count). The first kappa shape index (κ1) is 19.1. The highest BCUT2D eigenvalue weighted by Gasteiger charge is 2.30. The Balaban J connectivity index is 1.89. The number of rotatable bonds is 5. The number of thioether (sulfide) groups is 1. The van der Waals surface area contributed by atoms with E-state index in [-0.39, 0.29) is 12.2 Å². The summed E-state index contributed by atoms with van der Waals surface area (Å²) in [5, 5.41) is 14.8. The highest BCUT2D eigenvalue weighted by Crippen LogP contribution is 2.30. The van der Waals surface area contributed by atoms with E-state index in [0.717, 1.165) is 17.0 Å². The molecule has 25 heavy (non-hydrogen) atoms. The lowest BCUT2D eigenvalue weighted by atomic mass is 10.1. The van der Waals surface area contributed by atoms with Gasteiger partial charge in [-0.1, -0.05) is 18.2 Å². The van der Waals surface area contributed by atoms with E-state index in [9.17, 15) is 23.1 Å². The van der Waals surface area contributed by atoms with Crippen molar-refractivity contribution in [1.82, 2.24) is 5.32 Å². The van der Waals surface area contributed by atoms with Crippen LogP contribution in [0.4, 0.5) is 23.7 Å². The molecular weight excluding hydrogens is 353 g/mol. The van der Waals surface area contributed by atoms with Crippen LogP contribution in [0.3, 0.4) is 0 Å². The number of hydrogen-bond acceptors (Lipinski definition) is 3. The van der Waals surface area contributed by atoms with Crippen molar-refractivity contribution in [3.05, 3.63) is 59.7 Å². The molecule has 0 bridgehead atoms. The minimum absolute atomic E-state index is 0.0196. The zero-order valence-corrected chi connectivity index (χ0v) is 14.1. The molecular formula is C17H17F3N2O2S. The molecule has 0 saturated heterocycles. The molecule has 2 amide bonds. The monoisotopic (exact) mass is 370 g/mol. The summed E-state index contributed by atoms with van der Waals surface area (Å²) in [4.78, 5) is 12.8. The van der Waals surface area contributed by atoms with E-state index in [1.165, 1.54) is 12.1 Å². The largest absolute Gasteiger partial charge is 0.416 e. The number of nitrogens with one attached hydrogen (secondary N) is 2. The van der Waals surface area contributed by atoms with Crippen LogP contribution < -0.4 is 10.6 Å². The van der Waals surface area contributed by atoms with Crippen molar-refractivity contribution < 1.29 is 23.1 Å². The molecule has 0 saturated carbocycles. The SMILES string of the molecule is CSc1ccc([C@@H](O)CNC(=O)Nc2cccc(C(F)(F)F)c2)cc1. The van der Waals surface area contributed by atoms with Crippen LogP contribution in [0.1, 0.15) is 17.2 Å². The average Bonchev–Trinajstić information content (AvgIpc) is 2.59. The topological polar surface area (TPSA) is 61.4 Å². The summed E-state index contributed by atoms with van der Waals surface area (Å²) in [6.45, 7) is -0.0661. The van der Waals surface area contributed by atoms with Crippen LogP contribution in [0.5, 0.6) is 0 Å². The zero-order chi connectivity index (χ0) is 18.4. The molecule has 2 aromatic carbocycles. The fraction of sp³-hybridized carbons (Fsp3) is 0.235. The van der Waals surface area contributed by atoms with Gasteiger partial charge < -0.3 is 15.7 Å². The van der Waals surface area contributed by atoms with E-state index in [1.807, 2.05) is 18.4 Å². The molecule has 8 heteroatoms. The van der Waals surface area contributed by atoms with Gasteiger partial charge in [0.05, 0.1) is 11.7 Å². The van der Waals surface area contributed by atoms with Gasteiger partial charge in [-0.3, -0.25) is 0 Å². The molecule has 4 nitrogen and oxygen atoms in total. The lowest BCUT2D eigenvalue weighted by molar-refractivity contribution is -0.137. The van der Waals surface area contributed by atoms with E-state index in [2.05, 4.69) is 10.6 Å². The molecule has 3 N–H and O–H groups in total. The third-order valence-corrected chi connectivity index (χ3v) is 4.15. The first-order chi connectivity index (χ1) is 11.8. The lowest BCUT2D eigenvalue weighted by Gasteiger charge is -2.14. The van der Waals surface area contributed by atoms with Crippen molar-refractivity contribution in [1.29, 1.82) is 0 Å². The Bertz CT molecular complexity index is 721. The van der Waals surface area contributed by atoms with Crippen LogP contribution in [0.25, 0.3) is 0 Å². The van der Waals surface area contributed by atoms with Gasteiger partial charge in [-0.05, 0) is 42.2 Å². The second kappa shape index (κ2) is 8.26. The maximum absolute atomic E-state index is 12.6. The number of alkyl halides is 3. The average molecular weight is 370 g/mol. The van der Waals surface area contributed by atoms with Crippen molar-refractivity contribution in [3.63, 3.8) is 0 Å². The quantitative estimate of drug-likeness (QED) is 0.689. The van der Waals surface area contributed by atoms with Crippen molar-refractivity contribution >= 4 is 23.5 Å². The standard InChI is InChI=1S/C17H17F3N2O2S/c1-25-14-7-5-11(6-8-14)15(23)10-21-16(24)22-13-4-2-3-12(9-13)17(18,19)20/h2-9,15,23H,10H2,1H3,(H2,21,22,24)/t15-/m0/s1.